The Morgan fingerprint density at radius 2 is 2.16 bits per heavy atom. The summed E-state index contributed by atoms with van der Waals surface area (Å²) in [7, 11) is 0. The summed E-state index contributed by atoms with van der Waals surface area (Å²) >= 11 is 0. The summed E-state index contributed by atoms with van der Waals surface area (Å²) in [6.07, 6.45) is 8.56. The van der Waals surface area contributed by atoms with E-state index in [2.05, 4.69) is 40.0 Å². The highest BCUT2D eigenvalue weighted by Gasteiger charge is 2.13. The molecule has 3 nitrogen and oxygen atoms in total. The fourth-order valence-electron chi connectivity index (χ4n) is 3.07. The van der Waals surface area contributed by atoms with E-state index in [-0.39, 0.29) is 0 Å². The third-order valence-corrected chi connectivity index (χ3v) is 4.23. The second-order valence-electron chi connectivity index (χ2n) is 5.54. The molecule has 0 unspecified atom stereocenters. The van der Waals surface area contributed by atoms with Gasteiger partial charge in [0.05, 0.1) is 17.4 Å². The summed E-state index contributed by atoms with van der Waals surface area (Å²) in [6.45, 7) is 4.23. The molecule has 1 aromatic carbocycles. The van der Waals surface area contributed by atoms with E-state index in [0.29, 0.717) is 0 Å². The number of benzene rings is 1. The summed E-state index contributed by atoms with van der Waals surface area (Å²) in [5, 5.41) is 3.67. The van der Waals surface area contributed by atoms with Crippen LogP contribution in [0.3, 0.4) is 0 Å². The van der Waals surface area contributed by atoms with Crippen LogP contribution in [0.5, 0.6) is 0 Å². The van der Waals surface area contributed by atoms with Gasteiger partial charge < -0.3 is 9.88 Å². The number of rotatable bonds is 5. The third kappa shape index (κ3) is 2.81. The van der Waals surface area contributed by atoms with Crippen molar-refractivity contribution in [1.29, 1.82) is 0 Å². The molecule has 19 heavy (non-hydrogen) atoms. The number of aryl methyl sites for hydroxylation is 1. The minimum Gasteiger partial charge on any atom is -0.331 e. The lowest BCUT2D eigenvalue weighted by atomic mass is 10.1. The normalized spacial score (nSPS) is 16.5. The average Bonchev–Trinajstić information content (AvgIpc) is 3.07. The van der Waals surface area contributed by atoms with E-state index in [1.807, 2.05) is 6.33 Å². The van der Waals surface area contributed by atoms with E-state index >= 15 is 0 Å². The van der Waals surface area contributed by atoms with Crippen molar-refractivity contribution in [2.75, 3.05) is 6.54 Å². The smallest absolute Gasteiger partial charge is 0.0958 e. The van der Waals surface area contributed by atoms with E-state index in [4.69, 9.17) is 0 Å². The molecule has 1 aliphatic rings. The highest BCUT2D eigenvalue weighted by molar-refractivity contribution is 5.76. The topological polar surface area (TPSA) is 29.9 Å². The van der Waals surface area contributed by atoms with Crippen molar-refractivity contribution < 1.29 is 0 Å². The van der Waals surface area contributed by atoms with E-state index in [1.165, 1.54) is 36.8 Å². The van der Waals surface area contributed by atoms with Crippen LogP contribution in [0, 0.1) is 0 Å². The Morgan fingerprint density at radius 3 is 2.95 bits per heavy atom. The Labute approximate surface area is 115 Å². The molecule has 2 aromatic rings. The van der Waals surface area contributed by atoms with Crippen LogP contribution in [-0.2, 0) is 13.0 Å². The minimum atomic E-state index is 0.767. The maximum Gasteiger partial charge on any atom is 0.0958 e. The number of nitrogens with one attached hydrogen (secondary N) is 1. The lowest BCUT2D eigenvalue weighted by molar-refractivity contribution is 0.528. The van der Waals surface area contributed by atoms with Crippen molar-refractivity contribution in [2.24, 2.45) is 0 Å². The molecule has 0 spiro atoms. The number of hydrogen-bond donors (Lipinski definition) is 1. The maximum absolute atomic E-state index is 4.48. The SMILES string of the molecule is CCn1cnc2cc(CCNC3CCCC3)ccc21. The molecule has 0 amide bonds. The van der Waals surface area contributed by atoms with E-state index in [9.17, 15) is 0 Å². The van der Waals surface area contributed by atoms with Gasteiger partial charge in [0.2, 0.25) is 0 Å². The van der Waals surface area contributed by atoms with Crippen LogP contribution in [0.15, 0.2) is 24.5 Å². The molecule has 1 aliphatic carbocycles. The number of imidazole rings is 1. The molecule has 1 fully saturated rings. The molecule has 1 N–H and O–H groups in total. The molecule has 3 rings (SSSR count). The first kappa shape index (κ1) is 12.7. The van der Waals surface area contributed by atoms with Crippen LogP contribution >= 0.6 is 0 Å². The molecule has 102 valence electrons. The molecule has 0 bridgehead atoms. The molecule has 1 heterocycles. The van der Waals surface area contributed by atoms with Gasteiger partial charge in [-0.25, -0.2) is 4.98 Å². The summed E-state index contributed by atoms with van der Waals surface area (Å²) in [5.41, 5.74) is 3.76. The number of nitrogens with zero attached hydrogens (tertiary/aromatic N) is 2. The Balaban J connectivity index is 1.61. The number of hydrogen-bond acceptors (Lipinski definition) is 2. The van der Waals surface area contributed by atoms with Crippen LogP contribution in [0.25, 0.3) is 11.0 Å². The van der Waals surface area contributed by atoms with Crippen molar-refractivity contribution in [2.45, 2.75) is 51.6 Å². The maximum atomic E-state index is 4.48. The molecule has 1 saturated carbocycles. The zero-order valence-electron chi connectivity index (χ0n) is 11.7. The lowest BCUT2D eigenvalue weighted by Crippen LogP contribution is -2.27. The molecule has 1 aromatic heterocycles. The van der Waals surface area contributed by atoms with Crippen molar-refractivity contribution in [3.8, 4) is 0 Å². The van der Waals surface area contributed by atoms with Gasteiger partial charge in [-0.05, 0) is 50.4 Å². The summed E-state index contributed by atoms with van der Waals surface area (Å²) in [5.74, 6) is 0. The summed E-state index contributed by atoms with van der Waals surface area (Å²) in [6, 6.07) is 7.45. The minimum absolute atomic E-state index is 0.767. The first-order valence-electron chi connectivity index (χ1n) is 7.54. The van der Waals surface area contributed by atoms with Crippen LogP contribution in [0.4, 0.5) is 0 Å². The van der Waals surface area contributed by atoms with Gasteiger partial charge in [0, 0.05) is 12.6 Å². The lowest BCUT2D eigenvalue weighted by Gasteiger charge is -2.11. The summed E-state index contributed by atoms with van der Waals surface area (Å²) < 4.78 is 2.19. The van der Waals surface area contributed by atoms with Crippen LogP contribution in [0.1, 0.15) is 38.2 Å². The van der Waals surface area contributed by atoms with Gasteiger partial charge in [0.1, 0.15) is 0 Å². The fourth-order valence-corrected chi connectivity index (χ4v) is 3.07. The molecule has 0 radical (unpaired) electrons. The fraction of sp³-hybridized carbons (Fsp3) is 0.562. The van der Waals surface area contributed by atoms with Gasteiger partial charge in [-0.1, -0.05) is 18.9 Å². The van der Waals surface area contributed by atoms with Gasteiger partial charge >= 0.3 is 0 Å². The van der Waals surface area contributed by atoms with Gasteiger partial charge in [-0.2, -0.15) is 0 Å². The highest BCUT2D eigenvalue weighted by Crippen LogP contribution is 2.18. The van der Waals surface area contributed by atoms with Gasteiger partial charge in [0.15, 0.2) is 0 Å². The Kier molecular flexibility index (Phi) is 3.83. The molecular weight excluding hydrogens is 234 g/mol. The summed E-state index contributed by atoms with van der Waals surface area (Å²) in [4.78, 5) is 4.48. The number of fused-ring (bicyclic) bond motifs is 1. The zero-order chi connectivity index (χ0) is 13.1. The van der Waals surface area contributed by atoms with Crippen molar-refractivity contribution >= 4 is 11.0 Å². The average molecular weight is 257 g/mol. The molecule has 0 atom stereocenters. The van der Waals surface area contributed by atoms with Crippen LogP contribution < -0.4 is 5.32 Å². The van der Waals surface area contributed by atoms with E-state index < -0.39 is 0 Å². The zero-order valence-corrected chi connectivity index (χ0v) is 11.7. The predicted molar refractivity (Wildman–Crippen MR) is 79.4 cm³/mol. The largest absolute Gasteiger partial charge is 0.331 e. The van der Waals surface area contributed by atoms with Crippen LogP contribution in [0.2, 0.25) is 0 Å². The highest BCUT2D eigenvalue weighted by atomic mass is 15.0. The molecular formula is C16H23N3. The molecule has 3 heteroatoms. The standard InChI is InChI=1S/C16H23N3/c1-2-19-12-18-15-11-13(7-8-16(15)19)9-10-17-14-5-3-4-6-14/h7-8,11-12,14,17H,2-6,9-10H2,1H3. The Morgan fingerprint density at radius 1 is 1.32 bits per heavy atom. The molecule has 0 saturated heterocycles. The van der Waals surface area contributed by atoms with E-state index in [0.717, 1.165) is 31.1 Å². The second kappa shape index (κ2) is 5.74. The van der Waals surface area contributed by atoms with Gasteiger partial charge in [0.25, 0.3) is 0 Å². The van der Waals surface area contributed by atoms with Crippen molar-refractivity contribution in [3.63, 3.8) is 0 Å². The Hall–Kier alpha value is -1.35. The van der Waals surface area contributed by atoms with Gasteiger partial charge in [-0.3, -0.25) is 0 Å². The quantitative estimate of drug-likeness (QED) is 0.892. The predicted octanol–water partition coefficient (Wildman–Crippen LogP) is 3.13. The van der Waals surface area contributed by atoms with Crippen molar-refractivity contribution in [1.82, 2.24) is 14.9 Å². The third-order valence-electron chi connectivity index (χ3n) is 4.23. The van der Waals surface area contributed by atoms with Crippen LogP contribution in [-0.4, -0.2) is 22.1 Å². The first-order valence-corrected chi connectivity index (χ1v) is 7.54. The second-order valence-corrected chi connectivity index (χ2v) is 5.54. The monoisotopic (exact) mass is 257 g/mol. The first-order chi connectivity index (χ1) is 9.36. The molecule has 0 aliphatic heterocycles. The van der Waals surface area contributed by atoms with Crippen molar-refractivity contribution in [3.05, 3.63) is 30.1 Å². The van der Waals surface area contributed by atoms with E-state index in [1.54, 1.807) is 0 Å². The van der Waals surface area contributed by atoms with Gasteiger partial charge in [-0.15, -0.1) is 0 Å². The Bertz CT molecular complexity index is 538. The number of aromatic nitrogens is 2.